The highest BCUT2D eigenvalue weighted by molar-refractivity contribution is 5.92. The number of nitrogens with one attached hydrogen (secondary N) is 1. The van der Waals surface area contributed by atoms with E-state index in [-0.39, 0.29) is 30.6 Å². The fourth-order valence-electron chi connectivity index (χ4n) is 3.16. The summed E-state index contributed by atoms with van der Waals surface area (Å²) in [6.07, 6.45) is 4.04. The summed E-state index contributed by atoms with van der Waals surface area (Å²) in [6, 6.07) is 4.61. The molecule has 31 heavy (non-hydrogen) atoms. The Morgan fingerprint density at radius 2 is 1.77 bits per heavy atom. The molecule has 2 rings (SSSR count). The van der Waals surface area contributed by atoms with E-state index in [0.717, 1.165) is 38.8 Å². The second-order valence-corrected chi connectivity index (χ2v) is 7.93. The zero-order chi connectivity index (χ0) is 22.6. The number of esters is 1. The van der Waals surface area contributed by atoms with Crippen molar-refractivity contribution in [3.8, 4) is 11.5 Å². The van der Waals surface area contributed by atoms with Gasteiger partial charge in [0.2, 0.25) is 0 Å². The van der Waals surface area contributed by atoms with E-state index in [0.29, 0.717) is 30.6 Å². The van der Waals surface area contributed by atoms with Gasteiger partial charge in [0, 0.05) is 19.6 Å². The summed E-state index contributed by atoms with van der Waals surface area (Å²) in [5, 5.41) is 2.72. The van der Waals surface area contributed by atoms with Crippen molar-refractivity contribution in [3.05, 3.63) is 23.8 Å². The van der Waals surface area contributed by atoms with Gasteiger partial charge in [-0.05, 0) is 56.7 Å². The Labute approximate surface area is 184 Å². The molecule has 1 heterocycles. The van der Waals surface area contributed by atoms with Gasteiger partial charge in [0.05, 0.1) is 12.2 Å². The molecule has 172 valence electrons. The Hall–Kier alpha value is -2.77. The molecule has 0 unspecified atom stereocenters. The van der Waals surface area contributed by atoms with Crippen molar-refractivity contribution in [1.82, 2.24) is 10.2 Å². The van der Waals surface area contributed by atoms with Gasteiger partial charge in [-0.3, -0.25) is 9.59 Å². The Kier molecular flexibility index (Phi) is 10.1. The molecule has 8 nitrogen and oxygen atoms in total. The van der Waals surface area contributed by atoms with Crippen LogP contribution in [0, 0.1) is 5.92 Å². The number of hydrogen-bond donors (Lipinski definition) is 1. The van der Waals surface area contributed by atoms with Crippen molar-refractivity contribution in [1.29, 1.82) is 0 Å². The van der Waals surface area contributed by atoms with Gasteiger partial charge in [0.1, 0.15) is 0 Å². The van der Waals surface area contributed by atoms with E-state index in [2.05, 4.69) is 19.2 Å². The van der Waals surface area contributed by atoms with Gasteiger partial charge >= 0.3 is 5.97 Å². The molecule has 1 aromatic carbocycles. The zero-order valence-corrected chi connectivity index (χ0v) is 18.8. The summed E-state index contributed by atoms with van der Waals surface area (Å²) in [5.41, 5.74) is 0.244. The number of carbonyl (C=O) groups is 3. The summed E-state index contributed by atoms with van der Waals surface area (Å²) < 4.78 is 16.3. The van der Waals surface area contributed by atoms with Crippen molar-refractivity contribution in [2.45, 2.75) is 46.5 Å². The largest absolute Gasteiger partial charge is 0.490 e. The first-order valence-corrected chi connectivity index (χ1v) is 11.0. The highest BCUT2D eigenvalue weighted by Gasteiger charge is 2.19. The maximum absolute atomic E-state index is 12.3. The number of amides is 2. The number of benzene rings is 1. The first-order chi connectivity index (χ1) is 14.9. The number of piperidine rings is 1. The second-order valence-electron chi connectivity index (χ2n) is 7.93. The maximum atomic E-state index is 12.3. The highest BCUT2D eigenvalue weighted by atomic mass is 16.5. The lowest BCUT2D eigenvalue weighted by Gasteiger charge is -2.26. The topological polar surface area (TPSA) is 94.2 Å². The minimum absolute atomic E-state index is 0.0610. The Balaban J connectivity index is 1.90. The number of hydrogen-bond acceptors (Lipinski definition) is 6. The molecule has 0 bridgehead atoms. The quantitative estimate of drug-likeness (QED) is 0.538. The van der Waals surface area contributed by atoms with Gasteiger partial charge in [0.25, 0.3) is 11.8 Å². The van der Waals surface area contributed by atoms with E-state index < -0.39 is 5.97 Å². The molecule has 0 aromatic heterocycles. The van der Waals surface area contributed by atoms with Crippen LogP contribution in [0.25, 0.3) is 0 Å². The molecule has 1 aromatic rings. The van der Waals surface area contributed by atoms with E-state index in [1.807, 2.05) is 11.8 Å². The van der Waals surface area contributed by atoms with E-state index in [1.54, 1.807) is 6.07 Å². The molecule has 0 atom stereocenters. The summed E-state index contributed by atoms with van der Waals surface area (Å²) in [6.45, 7) is 7.96. The molecule has 0 spiro atoms. The Morgan fingerprint density at radius 1 is 1.03 bits per heavy atom. The van der Waals surface area contributed by atoms with Crippen LogP contribution in [-0.2, 0) is 14.3 Å². The summed E-state index contributed by atoms with van der Waals surface area (Å²) in [5.74, 6) is 0.191. The van der Waals surface area contributed by atoms with E-state index in [4.69, 9.17) is 14.2 Å². The monoisotopic (exact) mass is 434 g/mol. The third-order valence-corrected chi connectivity index (χ3v) is 4.92. The average Bonchev–Trinajstić information content (AvgIpc) is 2.77. The van der Waals surface area contributed by atoms with Gasteiger partial charge in [-0.1, -0.05) is 13.8 Å². The molecule has 0 radical (unpaired) electrons. The molecular formula is C23H34N2O6. The lowest BCUT2D eigenvalue weighted by atomic mass is 10.1. The molecule has 1 aliphatic heterocycles. The van der Waals surface area contributed by atoms with Crippen molar-refractivity contribution in [2.24, 2.45) is 5.92 Å². The van der Waals surface area contributed by atoms with Crippen LogP contribution in [0.2, 0.25) is 0 Å². The first-order valence-electron chi connectivity index (χ1n) is 11.0. The van der Waals surface area contributed by atoms with Crippen molar-refractivity contribution in [2.75, 3.05) is 39.5 Å². The third-order valence-electron chi connectivity index (χ3n) is 4.92. The third kappa shape index (κ3) is 8.47. The predicted molar refractivity (Wildman–Crippen MR) is 116 cm³/mol. The average molecular weight is 435 g/mol. The highest BCUT2D eigenvalue weighted by Crippen LogP contribution is 2.29. The number of likely N-dealkylation sites (tertiary alicyclic amines) is 1. The number of nitrogens with zero attached hydrogens (tertiary/aromatic N) is 1. The lowest BCUT2D eigenvalue weighted by molar-refractivity contribution is -0.134. The molecule has 1 saturated heterocycles. The van der Waals surface area contributed by atoms with Crippen LogP contribution in [0.1, 0.15) is 56.8 Å². The van der Waals surface area contributed by atoms with Crippen LogP contribution in [0.5, 0.6) is 11.5 Å². The molecular weight excluding hydrogens is 400 g/mol. The van der Waals surface area contributed by atoms with E-state index in [1.165, 1.54) is 12.1 Å². The lowest BCUT2D eigenvalue weighted by Crippen LogP contribution is -2.38. The first kappa shape index (κ1) is 24.5. The fourth-order valence-corrected chi connectivity index (χ4v) is 3.16. The van der Waals surface area contributed by atoms with Gasteiger partial charge < -0.3 is 24.4 Å². The summed E-state index contributed by atoms with van der Waals surface area (Å²) in [7, 11) is 0. The number of rotatable bonds is 11. The fraction of sp³-hybridized carbons (Fsp3) is 0.609. The normalized spacial score (nSPS) is 13.6. The summed E-state index contributed by atoms with van der Waals surface area (Å²) in [4.78, 5) is 38.2. The van der Waals surface area contributed by atoms with E-state index in [9.17, 15) is 14.4 Å². The smallest absolute Gasteiger partial charge is 0.338 e. The van der Waals surface area contributed by atoms with Crippen LogP contribution in [0.4, 0.5) is 0 Å². The molecule has 2 amide bonds. The minimum atomic E-state index is -0.629. The predicted octanol–water partition coefficient (Wildman–Crippen LogP) is 2.80. The number of ether oxygens (including phenoxy) is 3. The molecule has 0 saturated carbocycles. The van der Waals surface area contributed by atoms with Crippen LogP contribution in [-0.4, -0.2) is 62.1 Å². The molecule has 0 aliphatic carbocycles. The van der Waals surface area contributed by atoms with Gasteiger partial charge in [0.15, 0.2) is 24.7 Å². The minimum Gasteiger partial charge on any atom is -0.490 e. The maximum Gasteiger partial charge on any atom is 0.338 e. The second kappa shape index (κ2) is 12.8. The SMILES string of the molecule is CCOc1cc(C(=O)OCC(=O)NCCC(C)C)ccc1OCC(=O)N1CCCCC1. The zero-order valence-electron chi connectivity index (χ0n) is 18.8. The Bertz CT molecular complexity index is 744. The van der Waals surface area contributed by atoms with Crippen LogP contribution in [0.3, 0.4) is 0 Å². The molecule has 1 N–H and O–H groups in total. The van der Waals surface area contributed by atoms with Crippen LogP contribution in [0.15, 0.2) is 18.2 Å². The van der Waals surface area contributed by atoms with Crippen LogP contribution >= 0.6 is 0 Å². The van der Waals surface area contributed by atoms with Gasteiger partial charge in [-0.2, -0.15) is 0 Å². The van der Waals surface area contributed by atoms with E-state index >= 15 is 0 Å². The molecule has 8 heteroatoms. The van der Waals surface area contributed by atoms with Gasteiger partial charge in [-0.25, -0.2) is 4.79 Å². The van der Waals surface area contributed by atoms with Crippen LogP contribution < -0.4 is 14.8 Å². The molecule has 1 fully saturated rings. The summed E-state index contributed by atoms with van der Waals surface area (Å²) >= 11 is 0. The van der Waals surface area contributed by atoms with Crippen molar-refractivity contribution < 1.29 is 28.6 Å². The van der Waals surface area contributed by atoms with Crippen molar-refractivity contribution >= 4 is 17.8 Å². The molecule has 1 aliphatic rings. The number of carbonyl (C=O) groups excluding carboxylic acids is 3. The van der Waals surface area contributed by atoms with Crippen molar-refractivity contribution in [3.63, 3.8) is 0 Å². The van der Waals surface area contributed by atoms with Gasteiger partial charge in [-0.15, -0.1) is 0 Å². The Morgan fingerprint density at radius 3 is 2.45 bits per heavy atom. The standard InChI is InChI=1S/C23H34N2O6/c1-4-29-20-14-18(23(28)31-15-21(26)24-11-10-17(2)3)8-9-19(20)30-16-22(27)25-12-6-5-7-13-25/h8-9,14,17H,4-7,10-13,15-16H2,1-3H3,(H,24,26).